The number of hydrogen-bond donors (Lipinski definition) is 7. The van der Waals surface area contributed by atoms with Gasteiger partial charge in [0.1, 0.15) is 41.6 Å². The van der Waals surface area contributed by atoms with Gasteiger partial charge in [0.15, 0.2) is 28.9 Å². The van der Waals surface area contributed by atoms with E-state index in [-0.39, 0.29) is 34.1 Å². The molecule has 7 rings (SSSR count). The molecule has 3 fully saturated rings. The number of nitrogens with zero attached hydrogens (tertiary/aromatic N) is 7. The molecule has 0 amide bonds. The monoisotopic (exact) mass is 690 g/mol. The van der Waals surface area contributed by atoms with E-state index in [0.717, 1.165) is 18.1 Å². The number of aromatic amines is 1. The van der Waals surface area contributed by atoms with Gasteiger partial charge in [-0.2, -0.15) is 4.98 Å². The highest BCUT2D eigenvalue weighted by molar-refractivity contribution is 8.00. The molecule has 0 saturated carbocycles. The van der Waals surface area contributed by atoms with Crippen LogP contribution in [0.4, 0.5) is 11.8 Å². The van der Waals surface area contributed by atoms with Crippen molar-refractivity contribution < 1.29 is 52.0 Å². The Kier molecular flexibility index (Phi) is 7.50. The Balaban J connectivity index is 1.21. The second kappa shape index (κ2) is 11.0. The zero-order valence-corrected chi connectivity index (χ0v) is 25.0. The summed E-state index contributed by atoms with van der Waals surface area (Å²) >= 11 is 0.908. The van der Waals surface area contributed by atoms with E-state index in [0.29, 0.717) is 0 Å². The number of aromatic nitrogens is 8. The first-order valence-electron chi connectivity index (χ1n) is 13.0. The Morgan fingerprint density at radius 1 is 0.911 bits per heavy atom. The van der Waals surface area contributed by atoms with E-state index < -0.39 is 81.8 Å². The van der Waals surface area contributed by atoms with Gasteiger partial charge < -0.3 is 36.2 Å². The van der Waals surface area contributed by atoms with Crippen LogP contribution in [-0.2, 0) is 32.0 Å². The second-order valence-corrected chi connectivity index (χ2v) is 14.3. The lowest BCUT2D eigenvalue weighted by atomic mass is 10.1. The fourth-order valence-electron chi connectivity index (χ4n) is 5.30. The number of hydrogen-bond acceptors (Lipinski definition) is 18. The fraction of sp³-hybridized carbons (Fsp3) is 0.500. The van der Waals surface area contributed by atoms with Gasteiger partial charge in [-0.25, -0.2) is 29.1 Å². The number of fused-ring (bicyclic) bond motifs is 5. The number of aliphatic hydroxyl groups excluding tert-OH is 2. The number of anilines is 2. The molecule has 4 aromatic heterocycles. The van der Waals surface area contributed by atoms with E-state index in [1.54, 1.807) is 0 Å². The van der Waals surface area contributed by atoms with Crippen molar-refractivity contribution in [3.05, 3.63) is 29.3 Å². The minimum absolute atomic E-state index is 0.0247. The van der Waals surface area contributed by atoms with E-state index in [1.807, 2.05) is 0 Å². The molecule has 22 nitrogen and oxygen atoms in total. The maximum absolute atomic E-state index is 13.2. The number of rotatable bonds is 2. The third-order valence-electron chi connectivity index (χ3n) is 7.32. The minimum atomic E-state index is -5.05. The molecule has 3 aliphatic rings. The summed E-state index contributed by atoms with van der Waals surface area (Å²) in [6.07, 6.45) is -5.63. The molecule has 0 radical (unpaired) electrons. The van der Waals surface area contributed by atoms with Gasteiger partial charge in [0.05, 0.1) is 37.2 Å². The number of phosphoric ester groups is 2. The Morgan fingerprint density at radius 3 is 2.38 bits per heavy atom. The predicted molar refractivity (Wildman–Crippen MR) is 150 cm³/mol. The van der Waals surface area contributed by atoms with Gasteiger partial charge in [0.25, 0.3) is 5.56 Å². The molecule has 0 aliphatic carbocycles. The average Bonchev–Trinajstić information content (AvgIpc) is 3.72. The van der Waals surface area contributed by atoms with Crippen LogP contribution in [-0.4, -0.2) is 108 Å². The fourth-order valence-corrected chi connectivity index (χ4v) is 8.88. The Morgan fingerprint density at radius 2 is 1.60 bits per heavy atom. The number of nitrogens with two attached hydrogens (primary N) is 2. The minimum Gasteiger partial charge on any atom is -0.389 e. The normalized spacial score (nSPS) is 37.7. The highest BCUT2D eigenvalue weighted by Gasteiger charge is 2.53. The summed E-state index contributed by atoms with van der Waals surface area (Å²) in [4.78, 5) is 56.1. The van der Waals surface area contributed by atoms with E-state index in [4.69, 9.17) is 34.3 Å². The molecule has 3 aliphatic heterocycles. The lowest BCUT2D eigenvalue weighted by Gasteiger charge is -2.26. The highest BCUT2D eigenvalue weighted by atomic mass is 32.2. The van der Waals surface area contributed by atoms with Gasteiger partial charge in [-0.3, -0.25) is 37.0 Å². The quantitative estimate of drug-likeness (QED) is 0.116. The maximum Gasteiger partial charge on any atom is 0.472 e. The first-order chi connectivity index (χ1) is 21.3. The molecule has 7 heterocycles. The summed E-state index contributed by atoms with van der Waals surface area (Å²) in [6.45, 7) is -1.43. The summed E-state index contributed by atoms with van der Waals surface area (Å²) in [6, 6.07) is 0. The summed E-state index contributed by atoms with van der Waals surface area (Å²) in [5.74, 6) is -0.194. The number of nitrogen functional groups attached to an aromatic ring is 2. The predicted octanol–water partition coefficient (Wildman–Crippen LogP) is -1.62. The van der Waals surface area contributed by atoms with Crippen molar-refractivity contribution in [2.75, 3.05) is 24.7 Å². The van der Waals surface area contributed by atoms with Crippen molar-refractivity contribution in [1.82, 2.24) is 39.0 Å². The van der Waals surface area contributed by atoms with E-state index >= 15 is 0 Å². The van der Waals surface area contributed by atoms with E-state index in [9.17, 15) is 33.9 Å². The Bertz CT molecular complexity index is 1940. The zero-order chi connectivity index (χ0) is 31.8. The van der Waals surface area contributed by atoms with Gasteiger partial charge in [0.2, 0.25) is 5.95 Å². The molecule has 45 heavy (non-hydrogen) atoms. The molecular formula is C20H24N10O12P2S. The first-order valence-corrected chi connectivity index (χ1v) is 16.9. The summed E-state index contributed by atoms with van der Waals surface area (Å²) in [5, 5.41) is 20.1. The Hall–Kier alpha value is -3.05. The summed E-state index contributed by atoms with van der Waals surface area (Å²) in [5.41, 5.74) is 11.1. The van der Waals surface area contributed by atoms with Gasteiger partial charge in [0, 0.05) is 0 Å². The molecule has 0 spiro atoms. The molecule has 9 N–H and O–H groups in total. The lowest BCUT2D eigenvalue weighted by molar-refractivity contribution is -0.0547. The third-order valence-corrected chi connectivity index (χ3v) is 10.8. The van der Waals surface area contributed by atoms with Crippen molar-refractivity contribution in [2.24, 2.45) is 0 Å². The molecular weight excluding hydrogens is 666 g/mol. The van der Waals surface area contributed by atoms with Crippen LogP contribution < -0.4 is 17.0 Å². The number of phosphoric acid groups is 2. The molecule has 10 atom stereocenters. The molecule has 242 valence electrons. The maximum atomic E-state index is 13.2. The topological polar surface area (TPSA) is 320 Å². The number of aliphatic hydroxyl groups is 2. The van der Waals surface area contributed by atoms with Gasteiger partial charge in [-0.05, 0) is 0 Å². The molecule has 4 aromatic rings. The largest absolute Gasteiger partial charge is 0.472 e. The zero-order valence-electron chi connectivity index (χ0n) is 22.4. The second-order valence-electron chi connectivity index (χ2n) is 10.1. The number of H-pyrrole nitrogens is 1. The number of imidazole rings is 2. The van der Waals surface area contributed by atoms with Crippen molar-refractivity contribution in [3.63, 3.8) is 0 Å². The number of nitrogens with one attached hydrogen (secondary N) is 1. The SMILES string of the molecule is Nc1nc2c(ncn2[C@@H]2S[C@@H]3COP(=O)(O)O[C@@H]4C(O)[C@H](n5cnc6c(N)ncnc65)O[C@@H]4COP(=O)(O)OC2[C@H]3O)c(=O)[nH]1. The average molecular weight is 690 g/mol. The summed E-state index contributed by atoms with van der Waals surface area (Å²) < 4.78 is 55.9. The van der Waals surface area contributed by atoms with Crippen molar-refractivity contribution >= 4 is 61.5 Å². The molecule has 25 heteroatoms. The van der Waals surface area contributed by atoms with Crippen molar-refractivity contribution in [2.45, 2.75) is 47.4 Å². The number of ether oxygens (including phenoxy) is 1. The van der Waals surface area contributed by atoms with Gasteiger partial charge in [-0.1, -0.05) is 0 Å². The molecule has 3 saturated heterocycles. The van der Waals surface area contributed by atoms with E-state index in [2.05, 4.69) is 29.9 Å². The van der Waals surface area contributed by atoms with Crippen LogP contribution in [0.2, 0.25) is 0 Å². The first kappa shape index (κ1) is 30.6. The van der Waals surface area contributed by atoms with Crippen LogP contribution in [0.3, 0.4) is 0 Å². The van der Waals surface area contributed by atoms with Crippen LogP contribution in [0.1, 0.15) is 11.6 Å². The smallest absolute Gasteiger partial charge is 0.389 e. The Labute approximate surface area is 253 Å². The van der Waals surface area contributed by atoms with Crippen LogP contribution >= 0.6 is 27.4 Å². The van der Waals surface area contributed by atoms with Crippen molar-refractivity contribution in [1.29, 1.82) is 0 Å². The van der Waals surface area contributed by atoms with Gasteiger partial charge >= 0.3 is 15.6 Å². The summed E-state index contributed by atoms with van der Waals surface area (Å²) in [7, 11) is -10.0. The third kappa shape index (κ3) is 5.43. The molecule has 0 aromatic carbocycles. The highest BCUT2D eigenvalue weighted by Crippen LogP contribution is 2.56. The molecule has 4 unspecified atom stereocenters. The molecule has 2 bridgehead atoms. The van der Waals surface area contributed by atoms with Crippen LogP contribution in [0.5, 0.6) is 0 Å². The van der Waals surface area contributed by atoms with Crippen LogP contribution in [0, 0.1) is 0 Å². The van der Waals surface area contributed by atoms with Crippen LogP contribution in [0.25, 0.3) is 22.3 Å². The number of thioether (sulfide) groups is 1. The van der Waals surface area contributed by atoms with Crippen molar-refractivity contribution in [3.8, 4) is 0 Å². The van der Waals surface area contributed by atoms with Gasteiger partial charge in [-0.15, -0.1) is 11.8 Å². The standard InChI is InChI=1S/C20H24N10O12P2S/c21-14-8-15(24-3-23-14)29(4-25-8)18-11(32)12-6(40-18)1-38-43(34,35)42-13-10(31)7(2-39-44(36,37)41-12)45-19(13)30-5-26-9-16(30)27-20(22)28-17(9)33/h3-7,10-13,18-19,31-32H,1-2H2,(H,34,35)(H,36,37)(H2,21,23,24)(H3,22,27,28,33)/t6-,7-,10+,11?,12+,13?,18-,19-/m1/s1. The van der Waals surface area contributed by atoms with E-state index in [1.165, 1.54) is 21.8 Å². The lowest BCUT2D eigenvalue weighted by Crippen LogP contribution is -2.36. The van der Waals surface area contributed by atoms with Crippen LogP contribution in [0.15, 0.2) is 23.8 Å².